The summed E-state index contributed by atoms with van der Waals surface area (Å²) in [6.45, 7) is 11.0. The lowest BCUT2D eigenvalue weighted by Crippen LogP contribution is -2.42. The molecule has 2 aliphatic rings. The lowest BCUT2D eigenvalue weighted by Gasteiger charge is -2.40. The molecule has 4 unspecified atom stereocenters. The van der Waals surface area contributed by atoms with E-state index >= 15 is 0 Å². The van der Waals surface area contributed by atoms with Crippen LogP contribution in [0.4, 0.5) is 0 Å². The second kappa shape index (κ2) is 5.30. The molecule has 0 aliphatic heterocycles. The van der Waals surface area contributed by atoms with Gasteiger partial charge in [-0.25, -0.2) is 0 Å². The quantitative estimate of drug-likeness (QED) is 0.774. The van der Waals surface area contributed by atoms with E-state index in [2.05, 4.69) is 33.0 Å². The highest BCUT2D eigenvalue weighted by molar-refractivity contribution is 4.87. The second-order valence-corrected chi connectivity index (χ2v) is 7.69. The smallest absolute Gasteiger partial charge is 0.00748 e. The molecule has 0 saturated heterocycles. The summed E-state index contributed by atoms with van der Waals surface area (Å²) in [5.74, 6) is 2.81. The van der Waals surface area contributed by atoms with Gasteiger partial charge in [0.2, 0.25) is 0 Å². The van der Waals surface area contributed by atoms with Crippen molar-refractivity contribution >= 4 is 0 Å². The van der Waals surface area contributed by atoms with Gasteiger partial charge in [-0.05, 0) is 55.4 Å². The van der Waals surface area contributed by atoms with Gasteiger partial charge in [-0.3, -0.25) is 0 Å². The van der Waals surface area contributed by atoms with Gasteiger partial charge in [0.15, 0.2) is 0 Å². The Morgan fingerprint density at radius 3 is 2.47 bits per heavy atom. The molecular weight excluding hydrogens is 206 g/mol. The van der Waals surface area contributed by atoms with Crippen molar-refractivity contribution in [2.75, 3.05) is 6.54 Å². The Morgan fingerprint density at radius 1 is 1.12 bits per heavy atom. The van der Waals surface area contributed by atoms with Gasteiger partial charge < -0.3 is 5.32 Å². The molecule has 2 aliphatic carbocycles. The monoisotopic (exact) mass is 237 g/mol. The van der Waals surface area contributed by atoms with Crippen LogP contribution in [-0.4, -0.2) is 12.6 Å². The molecule has 0 bridgehead atoms. The van der Waals surface area contributed by atoms with Crippen molar-refractivity contribution in [3.8, 4) is 0 Å². The molecule has 1 N–H and O–H groups in total. The van der Waals surface area contributed by atoms with Crippen molar-refractivity contribution < 1.29 is 0 Å². The first-order chi connectivity index (χ1) is 7.96. The van der Waals surface area contributed by atoms with Crippen LogP contribution in [0.15, 0.2) is 0 Å². The molecule has 1 heteroatoms. The summed E-state index contributed by atoms with van der Waals surface area (Å²) in [5.41, 5.74) is 0.552. The molecule has 100 valence electrons. The van der Waals surface area contributed by atoms with Crippen LogP contribution in [0.5, 0.6) is 0 Å². The van der Waals surface area contributed by atoms with E-state index in [1.165, 1.54) is 45.1 Å². The van der Waals surface area contributed by atoms with Crippen LogP contribution in [-0.2, 0) is 0 Å². The van der Waals surface area contributed by atoms with Gasteiger partial charge >= 0.3 is 0 Å². The Morgan fingerprint density at radius 2 is 1.88 bits per heavy atom. The van der Waals surface area contributed by atoms with E-state index in [1.807, 2.05) is 0 Å². The third-order valence-corrected chi connectivity index (χ3v) is 5.09. The minimum absolute atomic E-state index is 0.552. The van der Waals surface area contributed by atoms with Crippen molar-refractivity contribution in [3.63, 3.8) is 0 Å². The fourth-order valence-corrected chi connectivity index (χ4v) is 4.35. The average molecular weight is 237 g/mol. The zero-order valence-electron chi connectivity index (χ0n) is 12.3. The van der Waals surface area contributed by atoms with Crippen LogP contribution in [0, 0.1) is 23.2 Å². The summed E-state index contributed by atoms with van der Waals surface area (Å²) in [7, 11) is 0. The maximum absolute atomic E-state index is 3.88. The minimum Gasteiger partial charge on any atom is -0.314 e. The molecule has 0 aromatic rings. The zero-order valence-corrected chi connectivity index (χ0v) is 12.3. The third kappa shape index (κ3) is 3.71. The Bertz CT molecular complexity index is 246. The number of hydrogen-bond donors (Lipinski definition) is 1. The fourth-order valence-electron chi connectivity index (χ4n) is 4.35. The highest BCUT2D eigenvalue weighted by atomic mass is 14.9. The summed E-state index contributed by atoms with van der Waals surface area (Å²) in [6, 6.07) is 0.779. The first-order valence-corrected chi connectivity index (χ1v) is 7.70. The van der Waals surface area contributed by atoms with Crippen molar-refractivity contribution in [2.24, 2.45) is 23.2 Å². The van der Waals surface area contributed by atoms with E-state index in [0.717, 1.165) is 23.8 Å². The molecule has 2 saturated carbocycles. The third-order valence-electron chi connectivity index (χ3n) is 5.09. The predicted molar refractivity (Wildman–Crippen MR) is 75.1 cm³/mol. The molecule has 17 heavy (non-hydrogen) atoms. The van der Waals surface area contributed by atoms with Gasteiger partial charge in [-0.1, -0.05) is 40.5 Å². The molecule has 0 spiro atoms. The van der Waals surface area contributed by atoms with E-state index in [4.69, 9.17) is 0 Å². The van der Waals surface area contributed by atoms with Crippen molar-refractivity contribution in [2.45, 2.75) is 72.3 Å². The molecule has 2 rings (SSSR count). The lowest BCUT2D eigenvalue weighted by molar-refractivity contribution is 0.147. The molecule has 4 atom stereocenters. The zero-order chi connectivity index (χ0) is 12.5. The molecule has 0 heterocycles. The van der Waals surface area contributed by atoms with Crippen LogP contribution in [0.3, 0.4) is 0 Å². The Hall–Kier alpha value is -0.0400. The number of rotatable bonds is 3. The van der Waals surface area contributed by atoms with Gasteiger partial charge in [-0.15, -0.1) is 0 Å². The highest BCUT2D eigenvalue weighted by Crippen LogP contribution is 2.39. The molecule has 1 nitrogen and oxygen atoms in total. The van der Waals surface area contributed by atoms with Crippen molar-refractivity contribution in [1.29, 1.82) is 0 Å². The first-order valence-electron chi connectivity index (χ1n) is 7.70. The van der Waals surface area contributed by atoms with E-state index in [1.54, 1.807) is 0 Å². The van der Waals surface area contributed by atoms with Crippen molar-refractivity contribution in [1.82, 2.24) is 5.32 Å². The Labute approximate surface area is 108 Å². The normalized spacial score (nSPS) is 41.6. The highest BCUT2D eigenvalue weighted by Gasteiger charge is 2.32. The maximum Gasteiger partial charge on any atom is 0.00748 e. The van der Waals surface area contributed by atoms with Crippen LogP contribution >= 0.6 is 0 Å². The summed E-state index contributed by atoms with van der Waals surface area (Å²) in [6.07, 6.45) is 8.55. The molecule has 0 aromatic carbocycles. The van der Waals surface area contributed by atoms with E-state index in [-0.39, 0.29) is 0 Å². The molecule has 0 amide bonds. The minimum atomic E-state index is 0.552. The van der Waals surface area contributed by atoms with Crippen LogP contribution < -0.4 is 5.32 Å². The van der Waals surface area contributed by atoms with Gasteiger partial charge in [0.05, 0.1) is 0 Å². The molecule has 0 radical (unpaired) electrons. The van der Waals surface area contributed by atoms with Crippen LogP contribution in [0.1, 0.15) is 66.2 Å². The van der Waals surface area contributed by atoms with Gasteiger partial charge in [-0.2, -0.15) is 0 Å². The lowest BCUT2D eigenvalue weighted by atomic mass is 9.70. The summed E-state index contributed by atoms with van der Waals surface area (Å²) in [5, 5.41) is 3.88. The SMILES string of the molecule is CC1CC(NCC2CCCC2C)CC(C)(C)C1. The van der Waals surface area contributed by atoms with Gasteiger partial charge in [0, 0.05) is 6.04 Å². The average Bonchev–Trinajstić information content (AvgIpc) is 2.58. The van der Waals surface area contributed by atoms with Crippen LogP contribution in [0.2, 0.25) is 0 Å². The summed E-state index contributed by atoms with van der Waals surface area (Å²) in [4.78, 5) is 0. The number of nitrogens with one attached hydrogen (secondary N) is 1. The maximum atomic E-state index is 3.88. The van der Waals surface area contributed by atoms with Crippen molar-refractivity contribution in [3.05, 3.63) is 0 Å². The predicted octanol–water partition coefficient (Wildman–Crippen LogP) is 4.23. The molecular formula is C16H31N. The topological polar surface area (TPSA) is 12.0 Å². The molecule has 2 fully saturated rings. The van der Waals surface area contributed by atoms with E-state index in [0.29, 0.717) is 5.41 Å². The standard InChI is InChI=1S/C16H31N/c1-12-8-15(10-16(3,4)9-12)17-11-14-7-5-6-13(14)2/h12-15,17H,5-11H2,1-4H3. The van der Waals surface area contributed by atoms with E-state index < -0.39 is 0 Å². The molecule has 0 aromatic heterocycles. The summed E-state index contributed by atoms with van der Waals surface area (Å²) >= 11 is 0. The fraction of sp³-hybridized carbons (Fsp3) is 1.00. The second-order valence-electron chi connectivity index (χ2n) is 7.69. The van der Waals surface area contributed by atoms with Crippen LogP contribution in [0.25, 0.3) is 0 Å². The van der Waals surface area contributed by atoms with E-state index in [9.17, 15) is 0 Å². The Balaban J connectivity index is 1.78. The Kier molecular flexibility index (Phi) is 4.18. The van der Waals surface area contributed by atoms with Gasteiger partial charge in [0.1, 0.15) is 0 Å². The first kappa shape index (κ1) is 13.4. The number of hydrogen-bond acceptors (Lipinski definition) is 1. The summed E-state index contributed by atoms with van der Waals surface area (Å²) < 4.78 is 0. The largest absolute Gasteiger partial charge is 0.314 e. The van der Waals surface area contributed by atoms with Gasteiger partial charge in [0.25, 0.3) is 0 Å².